The molecule has 1 aromatic carbocycles. The van der Waals surface area contributed by atoms with Gasteiger partial charge >= 0.3 is 5.97 Å². The van der Waals surface area contributed by atoms with Crippen molar-refractivity contribution in [2.45, 2.75) is 6.04 Å². The van der Waals surface area contributed by atoms with Gasteiger partial charge in [0.1, 0.15) is 17.6 Å². The Kier molecular flexibility index (Phi) is 4.19. The van der Waals surface area contributed by atoms with Gasteiger partial charge in [-0.1, -0.05) is 0 Å². The fraction of sp³-hybridized carbons (Fsp3) is 0.385. The van der Waals surface area contributed by atoms with Crippen LogP contribution < -0.4 is 10.1 Å². The van der Waals surface area contributed by atoms with Crippen LogP contribution in [0.1, 0.15) is 10.4 Å². The van der Waals surface area contributed by atoms with Crippen molar-refractivity contribution in [2.75, 3.05) is 26.7 Å². The van der Waals surface area contributed by atoms with Gasteiger partial charge < -0.3 is 20.1 Å². The van der Waals surface area contributed by atoms with Gasteiger partial charge in [-0.15, -0.1) is 0 Å². The summed E-state index contributed by atoms with van der Waals surface area (Å²) in [4.78, 5) is 24.6. The van der Waals surface area contributed by atoms with Gasteiger partial charge in [0.05, 0.1) is 12.7 Å². The number of carbonyl (C=O) groups excluding carboxylic acids is 1. The number of piperazine rings is 1. The molecule has 1 heterocycles. The second-order valence-electron chi connectivity index (χ2n) is 4.40. The normalized spacial score (nSPS) is 18.7. The minimum atomic E-state index is -1.11. The van der Waals surface area contributed by atoms with Crippen LogP contribution in [0.3, 0.4) is 0 Å². The number of nitrogens with one attached hydrogen (secondary N) is 1. The van der Waals surface area contributed by atoms with Crippen molar-refractivity contribution in [3.63, 3.8) is 0 Å². The van der Waals surface area contributed by atoms with Crippen LogP contribution in [0.4, 0.5) is 4.39 Å². The molecule has 2 rings (SSSR count). The highest BCUT2D eigenvalue weighted by Gasteiger charge is 2.33. The van der Waals surface area contributed by atoms with E-state index in [-0.39, 0.29) is 18.7 Å². The third kappa shape index (κ3) is 2.72. The molecule has 0 aromatic heterocycles. The molecule has 1 fully saturated rings. The Morgan fingerprint density at radius 1 is 1.50 bits per heavy atom. The highest BCUT2D eigenvalue weighted by atomic mass is 19.1. The predicted octanol–water partition coefficient (Wildman–Crippen LogP) is 0.333. The average molecular weight is 282 g/mol. The van der Waals surface area contributed by atoms with Gasteiger partial charge in [-0.3, -0.25) is 4.79 Å². The van der Waals surface area contributed by atoms with E-state index in [2.05, 4.69) is 5.32 Å². The Bertz CT molecular complexity index is 535. The molecule has 0 saturated carbocycles. The van der Waals surface area contributed by atoms with E-state index >= 15 is 0 Å². The van der Waals surface area contributed by atoms with Crippen LogP contribution in [-0.4, -0.2) is 54.7 Å². The summed E-state index contributed by atoms with van der Waals surface area (Å²) >= 11 is 0. The summed E-state index contributed by atoms with van der Waals surface area (Å²) in [6.07, 6.45) is 0. The first-order chi connectivity index (χ1) is 9.54. The summed E-state index contributed by atoms with van der Waals surface area (Å²) in [7, 11) is 1.40. The van der Waals surface area contributed by atoms with E-state index < -0.39 is 23.7 Å². The first kappa shape index (κ1) is 14.3. The zero-order valence-corrected chi connectivity index (χ0v) is 10.9. The van der Waals surface area contributed by atoms with Crippen LogP contribution in [0.5, 0.6) is 5.75 Å². The van der Waals surface area contributed by atoms with Crippen LogP contribution in [-0.2, 0) is 4.79 Å². The molecule has 1 saturated heterocycles. The fourth-order valence-electron chi connectivity index (χ4n) is 2.12. The fourth-order valence-corrected chi connectivity index (χ4v) is 2.12. The third-order valence-electron chi connectivity index (χ3n) is 3.20. The summed E-state index contributed by atoms with van der Waals surface area (Å²) in [5.41, 5.74) is -0.154. The molecule has 2 N–H and O–H groups in total. The van der Waals surface area contributed by atoms with Crippen molar-refractivity contribution in [1.29, 1.82) is 0 Å². The number of nitrogens with zero attached hydrogens (tertiary/aromatic N) is 1. The zero-order valence-electron chi connectivity index (χ0n) is 10.9. The minimum absolute atomic E-state index is 0.152. The van der Waals surface area contributed by atoms with Gasteiger partial charge in [-0.2, -0.15) is 0 Å². The maximum Gasteiger partial charge on any atom is 0.327 e. The highest BCUT2D eigenvalue weighted by molar-refractivity contribution is 5.97. The second-order valence-corrected chi connectivity index (χ2v) is 4.40. The number of rotatable bonds is 3. The summed E-state index contributed by atoms with van der Waals surface area (Å²) < 4.78 is 18.7. The Morgan fingerprint density at radius 2 is 2.25 bits per heavy atom. The van der Waals surface area contributed by atoms with Crippen LogP contribution in [0.15, 0.2) is 18.2 Å². The molecule has 0 aliphatic carbocycles. The SMILES string of the molecule is COc1ccc(C(=O)N2CCNCC2C(=O)O)c(F)c1. The van der Waals surface area contributed by atoms with E-state index in [1.54, 1.807) is 0 Å². The quantitative estimate of drug-likeness (QED) is 0.835. The van der Waals surface area contributed by atoms with E-state index in [0.717, 1.165) is 6.07 Å². The molecular weight excluding hydrogens is 267 g/mol. The van der Waals surface area contributed by atoms with Crippen molar-refractivity contribution >= 4 is 11.9 Å². The van der Waals surface area contributed by atoms with Crippen molar-refractivity contribution in [2.24, 2.45) is 0 Å². The maximum atomic E-state index is 13.9. The molecule has 1 aromatic rings. The molecule has 0 radical (unpaired) electrons. The molecule has 7 heteroatoms. The molecule has 0 bridgehead atoms. The number of halogens is 1. The monoisotopic (exact) mass is 282 g/mol. The number of hydrogen-bond acceptors (Lipinski definition) is 4. The molecule has 0 spiro atoms. The first-order valence-corrected chi connectivity index (χ1v) is 6.12. The molecule has 6 nitrogen and oxygen atoms in total. The molecule has 1 aliphatic heterocycles. The number of ether oxygens (including phenoxy) is 1. The molecule has 20 heavy (non-hydrogen) atoms. The van der Waals surface area contributed by atoms with Gasteiger partial charge in [0.15, 0.2) is 0 Å². The van der Waals surface area contributed by atoms with Gasteiger partial charge in [-0.05, 0) is 12.1 Å². The molecule has 108 valence electrons. The van der Waals surface area contributed by atoms with E-state index in [1.807, 2.05) is 0 Å². The number of hydrogen-bond donors (Lipinski definition) is 2. The summed E-state index contributed by atoms with van der Waals surface area (Å²) in [6, 6.07) is 2.88. The predicted molar refractivity (Wildman–Crippen MR) is 68.3 cm³/mol. The van der Waals surface area contributed by atoms with Crippen molar-refractivity contribution < 1.29 is 23.8 Å². The smallest absolute Gasteiger partial charge is 0.327 e. The molecule has 1 unspecified atom stereocenters. The summed E-state index contributed by atoms with van der Waals surface area (Å²) in [5.74, 6) is -2.16. The number of methoxy groups -OCH3 is 1. The number of amides is 1. The molecular formula is C13H15FN2O4. The Hall–Kier alpha value is -2.15. The lowest BCUT2D eigenvalue weighted by atomic mass is 10.1. The number of carboxylic acid groups (broad SMARTS) is 1. The van der Waals surface area contributed by atoms with Gasteiger partial charge in [-0.25, -0.2) is 9.18 Å². The van der Waals surface area contributed by atoms with Crippen LogP contribution in [0.25, 0.3) is 0 Å². The maximum absolute atomic E-state index is 13.9. The van der Waals surface area contributed by atoms with Gasteiger partial charge in [0, 0.05) is 25.7 Å². The lowest BCUT2D eigenvalue weighted by Crippen LogP contribution is -2.57. The zero-order chi connectivity index (χ0) is 14.7. The lowest BCUT2D eigenvalue weighted by molar-refractivity contribution is -0.142. The van der Waals surface area contributed by atoms with Crippen LogP contribution in [0.2, 0.25) is 0 Å². The average Bonchev–Trinajstić information content (AvgIpc) is 2.46. The summed E-state index contributed by atoms with van der Waals surface area (Å²) in [6.45, 7) is 0.855. The number of aliphatic carboxylic acids is 1. The topological polar surface area (TPSA) is 78.9 Å². The van der Waals surface area contributed by atoms with Crippen molar-refractivity contribution in [3.05, 3.63) is 29.6 Å². The third-order valence-corrected chi connectivity index (χ3v) is 3.20. The van der Waals surface area contributed by atoms with E-state index in [4.69, 9.17) is 9.84 Å². The summed E-state index contributed by atoms with van der Waals surface area (Å²) in [5, 5.41) is 12.0. The number of carbonyl (C=O) groups is 2. The highest BCUT2D eigenvalue weighted by Crippen LogP contribution is 2.19. The van der Waals surface area contributed by atoms with Gasteiger partial charge in [0.25, 0.3) is 5.91 Å². The second kappa shape index (κ2) is 5.87. The molecule has 1 amide bonds. The van der Waals surface area contributed by atoms with Crippen LogP contribution >= 0.6 is 0 Å². The van der Waals surface area contributed by atoms with E-state index in [1.165, 1.54) is 24.1 Å². The van der Waals surface area contributed by atoms with Crippen molar-refractivity contribution in [3.8, 4) is 5.75 Å². The van der Waals surface area contributed by atoms with E-state index in [0.29, 0.717) is 12.3 Å². The van der Waals surface area contributed by atoms with Crippen LogP contribution in [0, 0.1) is 5.82 Å². The first-order valence-electron chi connectivity index (χ1n) is 6.12. The van der Waals surface area contributed by atoms with Crippen molar-refractivity contribution in [1.82, 2.24) is 10.2 Å². The standard InChI is InChI=1S/C13H15FN2O4/c1-20-8-2-3-9(10(14)6-8)12(17)16-5-4-15-7-11(16)13(18)19/h2-3,6,11,15H,4-5,7H2,1H3,(H,18,19). The largest absolute Gasteiger partial charge is 0.497 e. The lowest BCUT2D eigenvalue weighted by Gasteiger charge is -2.33. The van der Waals surface area contributed by atoms with Gasteiger partial charge in [0.2, 0.25) is 0 Å². The Balaban J connectivity index is 2.27. The molecule has 1 aliphatic rings. The number of carboxylic acids is 1. The number of benzene rings is 1. The Morgan fingerprint density at radius 3 is 2.85 bits per heavy atom. The van der Waals surface area contributed by atoms with E-state index in [9.17, 15) is 14.0 Å². The minimum Gasteiger partial charge on any atom is -0.497 e. The molecule has 1 atom stereocenters. The Labute approximate surface area is 115 Å².